The van der Waals surface area contributed by atoms with Gasteiger partial charge in [0.25, 0.3) is 0 Å². The summed E-state index contributed by atoms with van der Waals surface area (Å²) in [5.41, 5.74) is 0.880. The topological polar surface area (TPSA) is 95.6 Å². The molecule has 14 heteroatoms. The van der Waals surface area contributed by atoms with Crippen LogP contribution in [0.5, 0.6) is 0 Å². The third kappa shape index (κ3) is 8.30. The second kappa shape index (κ2) is 15.6. The Balaban J connectivity index is 1.28. The molecule has 2 aromatic heterocycles. The van der Waals surface area contributed by atoms with Crippen molar-refractivity contribution in [3.63, 3.8) is 0 Å². The van der Waals surface area contributed by atoms with E-state index in [-0.39, 0.29) is 23.1 Å². The maximum absolute atomic E-state index is 12.7. The first kappa shape index (κ1) is 32.8. The Morgan fingerprint density at radius 2 is 1.07 bits per heavy atom. The lowest BCUT2D eigenvalue weighted by Crippen LogP contribution is -2.08. The largest absolute Gasteiger partial charge is 0.306 e. The monoisotopic (exact) mass is 684 g/mol. The number of nitrogens with zero attached hydrogens (tertiary/aromatic N) is 6. The van der Waals surface area contributed by atoms with Crippen LogP contribution in [0.3, 0.4) is 0 Å². The van der Waals surface area contributed by atoms with E-state index in [2.05, 4.69) is 20.4 Å². The number of carbonyl (C=O) groups excluding carboxylic acids is 2. The average molecular weight is 687 g/mol. The highest BCUT2D eigenvalue weighted by atomic mass is 35.5. The normalized spacial score (nSPS) is 11.3. The van der Waals surface area contributed by atoms with Crippen molar-refractivity contribution in [1.29, 1.82) is 0 Å². The summed E-state index contributed by atoms with van der Waals surface area (Å²) in [6.07, 6.45) is 3.26. The first-order chi connectivity index (χ1) is 20.2. The standard InChI is InChI=1S/C28H28Cl4N6O2S2/c1-3-37-25(33-35-27(37)41-15-23(39)19-11-9-17(29)13-21(19)31)7-5-6-8-26-34-36-28(38(26)4-2)42-16-24(40)20-12-10-18(30)14-22(20)32/h9-14H,3-8,15-16H2,1-2H3. The molecular formula is C28H28Cl4N6O2S2. The molecule has 8 nitrogen and oxygen atoms in total. The van der Waals surface area contributed by atoms with Gasteiger partial charge in [-0.25, -0.2) is 0 Å². The number of halogens is 4. The number of carbonyl (C=O) groups is 2. The Hall–Kier alpha value is -2.08. The van der Waals surface area contributed by atoms with Gasteiger partial charge < -0.3 is 9.13 Å². The number of thioether (sulfide) groups is 2. The van der Waals surface area contributed by atoms with Gasteiger partial charge in [-0.2, -0.15) is 0 Å². The van der Waals surface area contributed by atoms with Gasteiger partial charge in [-0.05, 0) is 63.1 Å². The molecule has 0 aliphatic rings. The molecule has 0 aliphatic heterocycles. The third-order valence-corrected chi connectivity index (χ3v) is 9.43. The predicted octanol–water partition coefficient (Wildman–Crippen LogP) is 8.04. The van der Waals surface area contributed by atoms with Crippen molar-refractivity contribution in [1.82, 2.24) is 29.5 Å². The lowest BCUT2D eigenvalue weighted by molar-refractivity contribution is 0.101. The van der Waals surface area contributed by atoms with Crippen molar-refractivity contribution in [3.05, 3.63) is 79.3 Å². The molecule has 0 aliphatic carbocycles. The van der Waals surface area contributed by atoms with E-state index < -0.39 is 0 Å². The Labute approximate surface area is 272 Å². The fourth-order valence-electron chi connectivity index (χ4n) is 4.27. The maximum Gasteiger partial charge on any atom is 0.191 e. The molecule has 4 rings (SSSR count). The molecule has 0 saturated carbocycles. The summed E-state index contributed by atoms with van der Waals surface area (Å²) in [6, 6.07) is 9.72. The van der Waals surface area contributed by atoms with Crippen molar-refractivity contribution >= 4 is 81.5 Å². The van der Waals surface area contributed by atoms with Crippen LogP contribution in [0.2, 0.25) is 20.1 Å². The number of rotatable bonds is 15. The average Bonchev–Trinajstić information content (AvgIpc) is 3.55. The zero-order valence-corrected chi connectivity index (χ0v) is 27.6. The summed E-state index contributed by atoms with van der Waals surface area (Å²) in [7, 11) is 0. The van der Waals surface area contributed by atoms with Gasteiger partial charge in [-0.3, -0.25) is 9.59 Å². The fourth-order valence-corrected chi connectivity index (χ4v) is 7.11. The van der Waals surface area contributed by atoms with Gasteiger partial charge in [0, 0.05) is 47.1 Å². The molecule has 222 valence electrons. The van der Waals surface area contributed by atoms with E-state index >= 15 is 0 Å². The molecule has 0 spiro atoms. The van der Waals surface area contributed by atoms with Gasteiger partial charge in [0.15, 0.2) is 21.9 Å². The summed E-state index contributed by atoms with van der Waals surface area (Å²) in [5, 5.41) is 20.5. The zero-order chi connectivity index (χ0) is 30.2. The van der Waals surface area contributed by atoms with Crippen LogP contribution in [-0.2, 0) is 25.9 Å². The molecule has 0 fully saturated rings. The van der Waals surface area contributed by atoms with Crippen molar-refractivity contribution in [2.24, 2.45) is 0 Å². The van der Waals surface area contributed by atoms with Crippen LogP contribution < -0.4 is 0 Å². The summed E-state index contributed by atoms with van der Waals surface area (Å²) in [4.78, 5) is 25.3. The molecule has 4 aromatic rings. The lowest BCUT2D eigenvalue weighted by atomic mass is 10.1. The third-order valence-electron chi connectivity index (χ3n) is 6.40. The number of Topliss-reactive ketones (excluding diaryl/α,β-unsaturated/α-hetero) is 2. The van der Waals surface area contributed by atoms with Gasteiger partial charge in [0.05, 0.1) is 21.6 Å². The number of benzene rings is 2. The molecule has 2 aromatic carbocycles. The van der Waals surface area contributed by atoms with Crippen molar-refractivity contribution in [2.45, 2.75) is 62.9 Å². The Morgan fingerprint density at radius 3 is 1.43 bits per heavy atom. The van der Waals surface area contributed by atoms with Crippen LogP contribution in [0.15, 0.2) is 46.7 Å². The fraction of sp³-hybridized carbons (Fsp3) is 0.357. The molecule has 2 heterocycles. The minimum atomic E-state index is -0.0930. The van der Waals surface area contributed by atoms with Crippen LogP contribution in [0, 0.1) is 0 Å². The molecule has 0 amide bonds. The van der Waals surface area contributed by atoms with E-state index in [1.807, 2.05) is 23.0 Å². The summed E-state index contributed by atoms with van der Waals surface area (Å²) < 4.78 is 4.07. The molecule has 0 radical (unpaired) electrons. The molecule has 0 saturated heterocycles. The molecule has 0 bridgehead atoms. The van der Waals surface area contributed by atoms with Crippen LogP contribution in [0.1, 0.15) is 59.1 Å². The highest BCUT2D eigenvalue weighted by molar-refractivity contribution is 8.00. The first-order valence-corrected chi connectivity index (χ1v) is 16.8. The molecule has 0 unspecified atom stereocenters. The second-order valence-corrected chi connectivity index (χ2v) is 12.7. The van der Waals surface area contributed by atoms with E-state index in [1.165, 1.54) is 23.5 Å². The highest BCUT2D eigenvalue weighted by Gasteiger charge is 2.18. The van der Waals surface area contributed by atoms with Gasteiger partial charge >= 0.3 is 0 Å². The summed E-state index contributed by atoms with van der Waals surface area (Å²) in [5.74, 6) is 1.97. The Kier molecular flexibility index (Phi) is 12.2. The van der Waals surface area contributed by atoms with Crippen molar-refractivity contribution in [3.8, 4) is 0 Å². The van der Waals surface area contributed by atoms with Crippen LogP contribution in [0.4, 0.5) is 0 Å². The van der Waals surface area contributed by atoms with E-state index in [1.54, 1.807) is 36.4 Å². The van der Waals surface area contributed by atoms with Crippen LogP contribution in [-0.4, -0.2) is 52.6 Å². The Bertz CT molecular complexity index is 1460. The van der Waals surface area contributed by atoms with Gasteiger partial charge in [0.1, 0.15) is 11.6 Å². The number of ketones is 2. The number of aromatic nitrogens is 6. The van der Waals surface area contributed by atoms with Gasteiger partial charge in [-0.15, -0.1) is 20.4 Å². The van der Waals surface area contributed by atoms with Crippen molar-refractivity contribution < 1.29 is 9.59 Å². The van der Waals surface area contributed by atoms with Crippen molar-refractivity contribution in [2.75, 3.05) is 11.5 Å². The van der Waals surface area contributed by atoms with Crippen LogP contribution in [0.25, 0.3) is 0 Å². The number of aryl methyl sites for hydroxylation is 2. The number of hydrogen-bond donors (Lipinski definition) is 0. The van der Waals surface area contributed by atoms with Crippen LogP contribution >= 0.6 is 69.9 Å². The lowest BCUT2D eigenvalue weighted by Gasteiger charge is -2.09. The number of hydrogen-bond acceptors (Lipinski definition) is 8. The number of unbranched alkanes of at least 4 members (excludes halogenated alkanes) is 1. The molecule has 0 atom stereocenters. The molecule has 0 N–H and O–H groups in total. The summed E-state index contributed by atoms with van der Waals surface area (Å²) >= 11 is 26.9. The maximum atomic E-state index is 12.7. The zero-order valence-electron chi connectivity index (χ0n) is 22.9. The molecular weight excluding hydrogens is 658 g/mol. The van der Waals surface area contributed by atoms with E-state index in [4.69, 9.17) is 46.4 Å². The minimum Gasteiger partial charge on any atom is -0.306 e. The minimum absolute atomic E-state index is 0.0930. The Morgan fingerprint density at radius 1 is 0.667 bits per heavy atom. The highest BCUT2D eigenvalue weighted by Crippen LogP contribution is 2.26. The molecule has 42 heavy (non-hydrogen) atoms. The van der Waals surface area contributed by atoms with E-state index in [9.17, 15) is 9.59 Å². The van der Waals surface area contributed by atoms with Gasteiger partial charge in [0.2, 0.25) is 0 Å². The smallest absolute Gasteiger partial charge is 0.191 e. The van der Waals surface area contributed by atoms with Gasteiger partial charge in [-0.1, -0.05) is 69.9 Å². The summed E-state index contributed by atoms with van der Waals surface area (Å²) in [6.45, 7) is 5.46. The quantitative estimate of drug-likeness (QED) is 0.0705. The predicted molar refractivity (Wildman–Crippen MR) is 171 cm³/mol. The van der Waals surface area contributed by atoms with E-state index in [0.29, 0.717) is 54.6 Å². The second-order valence-electron chi connectivity index (χ2n) is 9.17. The first-order valence-electron chi connectivity index (χ1n) is 13.3. The van der Waals surface area contributed by atoms with E-state index in [0.717, 1.165) is 37.3 Å². The SMILES string of the molecule is CCn1c(CCCCc2nnc(SCC(=O)c3ccc(Cl)cc3Cl)n2CC)nnc1SCC(=O)c1ccc(Cl)cc1Cl.